The molecule has 0 radical (unpaired) electrons. The van der Waals surface area contributed by atoms with Gasteiger partial charge in [-0.15, -0.1) is 0 Å². The molecule has 0 amide bonds. The third-order valence-corrected chi connectivity index (χ3v) is 3.44. The first kappa shape index (κ1) is 10.5. The van der Waals surface area contributed by atoms with Gasteiger partial charge in [0.05, 0.1) is 0 Å². The van der Waals surface area contributed by atoms with Crippen LogP contribution in [-0.4, -0.2) is 16.1 Å². The van der Waals surface area contributed by atoms with E-state index in [-0.39, 0.29) is 0 Å². The molecule has 1 aromatic heterocycles. The van der Waals surface area contributed by atoms with Gasteiger partial charge in [0.2, 0.25) is 0 Å². The van der Waals surface area contributed by atoms with Crippen LogP contribution in [0.1, 0.15) is 18.1 Å². The Morgan fingerprint density at radius 2 is 2.35 bits per heavy atom. The number of rotatable bonds is 2. The van der Waals surface area contributed by atoms with E-state index in [4.69, 9.17) is 0 Å². The molecule has 0 saturated carbocycles. The molecule has 0 bridgehead atoms. The van der Waals surface area contributed by atoms with Crippen molar-refractivity contribution in [2.24, 2.45) is 0 Å². The Hall–Kier alpha value is -1.61. The molecule has 1 N–H and O–H groups in total. The largest absolute Gasteiger partial charge is 0.331 e. The molecular formula is C14H17N3. The van der Waals surface area contributed by atoms with Crippen molar-refractivity contribution in [1.82, 2.24) is 14.9 Å². The smallest absolute Gasteiger partial charge is 0.140 e. The van der Waals surface area contributed by atoms with Crippen LogP contribution < -0.4 is 5.32 Å². The van der Waals surface area contributed by atoms with Gasteiger partial charge in [-0.2, -0.15) is 0 Å². The summed E-state index contributed by atoms with van der Waals surface area (Å²) in [6, 6.07) is 6.54. The van der Waals surface area contributed by atoms with Crippen molar-refractivity contribution in [3.8, 4) is 11.4 Å². The minimum absolute atomic E-state index is 0.969. The van der Waals surface area contributed by atoms with E-state index >= 15 is 0 Å². The summed E-state index contributed by atoms with van der Waals surface area (Å²) in [5.41, 5.74) is 4.18. The SMILES string of the molecule is CCn1ccnc1-c1cccc2c1CCNC2. The molecule has 88 valence electrons. The van der Waals surface area contributed by atoms with Crippen LogP contribution in [0.25, 0.3) is 11.4 Å². The summed E-state index contributed by atoms with van der Waals surface area (Å²) in [5, 5.41) is 3.41. The average Bonchev–Trinajstić information content (AvgIpc) is 2.86. The van der Waals surface area contributed by atoms with Gasteiger partial charge in [-0.1, -0.05) is 18.2 Å². The predicted molar refractivity (Wildman–Crippen MR) is 68.7 cm³/mol. The van der Waals surface area contributed by atoms with Crippen LogP contribution in [0.15, 0.2) is 30.6 Å². The molecule has 0 spiro atoms. The van der Waals surface area contributed by atoms with Crippen molar-refractivity contribution in [3.63, 3.8) is 0 Å². The van der Waals surface area contributed by atoms with Crippen LogP contribution in [0.3, 0.4) is 0 Å². The third kappa shape index (κ3) is 1.76. The van der Waals surface area contributed by atoms with Gasteiger partial charge in [0.25, 0.3) is 0 Å². The van der Waals surface area contributed by atoms with Gasteiger partial charge < -0.3 is 9.88 Å². The Kier molecular flexibility index (Phi) is 2.69. The Morgan fingerprint density at radius 3 is 3.24 bits per heavy atom. The van der Waals surface area contributed by atoms with Gasteiger partial charge in [0.1, 0.15) is 5.82 Å². The summed E-state index contributed by atoms with van der Waals surface area (Å²) in [6.45, 7) is 5.17. The monoisotopic (exact) mass is 227 g/mol. The first-order valence-electron chi connectivity index (χ1n) is 6.23. The highest BCUT2D eigenvalue weighted by molar-refractivity contribution is 5.63. The maximum absolute atomic E-state index is 4.51. The van der Waals surface area contributed by atoms with Crippen molar-refractivity contribution in [1.29, 1.82) is 0 Å². The van der Waals surface area contributed by atoms with Crippen molar-refractivity contribution >= 4 is 0 Å². The summed E-state index contributed by atoms with van der Waals surface area (Å²) in [6.07, 6.45) is 5.04. The molecule has 1 aromatic carbocycles. The lowest BCUT2D eigenvalue weighted by Gasteiger charge is -2.20. The van der Waals surface area contributed by atoms with Gasteiger partial charge in [-0.3, -0.25) is 0 Å². The summed E-state index contributed by atoms with van der Waals surface area (Å²) >= 11 is 0. The number of fused-ring (bicyclic) bond motifs is 1. The van der Waals surface area contributed by atoms with E-state index in [0.29, 0.717) is 0 Å². The number of imidazole rings is 1. The maximum Gasteiger partial charge on any atom is 0.140 e. The van der Waals surface area contributed by atoms with Crippen LogP contribution in [0.4, 0.5) is 0 Å². The second-order valence-corrected chi connectivity index (χ2v) is 4.41. The van der Waals surface area contributed by atoms with Gasteiger partial charge in [-0.25, -0.2) is 4.98 Å². The van der Waals surface area contributed by atoms with Gasteiger partial charge in [0, 0.05) is 31.0 Å². The molecule has 0 fully saturated rings. The summed E-state index contributed by atoms with van der Waals surface area (Å²) < 4.78 is 2.21. The zero-order valence-corrected chi connectivity index (χ0v) is 10.1. The van der Waals surface area contributed by atoms with Crippen LogP contribution in [0.5, 0.6) is 0 Å². The number of nitrogens with zero attached hydrogens (tertiary/aromatic N) is 2. The fourth-order valence-electron chi connectivity index (χ4n) is 2.55. The van der Waals surface area contributed by atoms with Crippen molar-refractivity contribution in [2.75, 3.05) is 6.54 Å². The molecule has 1 aliphatic rings. The van der Waals surface area contributed by atoms with Crippen molar-refractivity contribution in [3.05, 3.63) is 41.7 Å². The minimum atomic E-state index is 0.969. The number of aromatic nitrogens is 2. The highest BCUT2D eigenvalue weighted by atomic mass is 15.1. The molecule has 2 aromatic rings. The van der Waals surface area contributed by atoms with Gasteiger partial charge in [0.15, 0.2) is 0 Å². The Labute approximate surface area is 101 Å². The normalized spacial score (nSPS) is 14.6. The highest BCUT2D eigenvalue weighted by Gasteiger charge is 2.15. The lowest BCUT2D eigenvalue weighted by atomic mass is 9.95. The molecule has 0 unspecified atom stereocenters. The van der Waals surface area contributed by atoms with Crippen LogP contribution in [-0.2, 0) is 19.5 Å². The fraction of sp³-hybridized carbons (Fsp3) is 0.357. The Balaban J connectivity index is 2.14. The summed E-state index contributed by atoms with van der Waals surface area (Å²) in [4.78, 5) is 4.51. The second kappa shape index (κ2) is 4.34. The Bertz CT molecular complexity index is 528. The first-order valence-corrected chi connectivity index (χ1v) is 6.23. The topological polar surface area (TPSA) is 29.9 Å². The lowest BCUT2D eigenvalue weighted by Crippen LogP contribution is -2.24. The van der Waals surface area contributed by atoms with Crippen LogP contribution in [0.2, 0.25) is 0 Å². The molecule has 2 heterocycles. The Morgan fingerprint density at radius 1 is 1.41 bits per heavy atom. The predicted octanol–water partition coefficient (Wildman–Crippen LogP) is 2.22. The number of benzene rings is 1. The van der Waals surface area contributed by atoms with Crippen molar-refractivity contribution < 1.29 is 0 Å². The van der Waals surface area contributed by atoms with E-state index in [2.05, 4.69) is 46.2 Å². The molecule has 3 rings (SSSR count). The lowest BCUT2D eigenvalue weighted by molar-refractivity contribution is 0.643. The molecule has 0 atom stereocenters. The number of hydrogen-bond acceptors (Lipinski definition) is 2. The van der Waals surface area contributed by atoms with Gasteiger partial charge in [-0.05, 0) is 31.0 Å². The van der Waals surface area contributed by atoms with E-state index in [9.17, 15) is 0 Å². The molecule has 17 heavy (non-hydrogen) atoms. The standard InChI is InChI=1S/C14H17N3/c1-2-17-9-8-16-14(17)13-5-3-4-11-10-15-7-6-12(11)13/h3-5,8-9,15H,2,6-7,10H2,1H3. The number of aryl methyl sites for hydroxylation is 1. The number of hydrogen-bond donors (Lipinski definition) is 1. The van der Waals surface area contributed by atoms with E-state index in [1.165, 1.54) is 16.7 Å². The van der Waals surface area contributed by atoms with Crippen molar-refractivity contribution in [2.45, 2.75) is 26.4 Å². The molecule has 3 heteroatoms. The minimum Gasteiger partial charge on any atom is -0.331 e. The van der Waals surface area contributed by atoms with E-state index in [1.54, 1.807) is 0 Å². The van der Waals surface area contributed by atoms with Gasteiger partial charge >= 0.3 is 0 Å². The molecule has 3 nitrogen and oxygen atoms in total. The van der Waals surface area contributed by atoms with Crippen LogP contribution >= 0.6 is 0 Å². The molecule has 0 aliphatic carbocycles. The average molecular weight is 227 g/mol. The molecular weight excluding hydrogens is 210 g/mol. The maximum atomic E-state index is 4.51. The highest BCUT2D eigenvalue weighted by Crippen LogP contribution is 2.27. The van der Waals surface area contributed by atoms with E-state index < -0.39 is 0 Å². The third-order valence-electron chi connectivity index (χ3n) is 3.44. The molecule has 0 saturated heterocycles. The number of nitrogens with one attached hydrogen (secondary N) is 1. The summed E-state index contributed by atoms with van der Waals surface area (Å²) in [5.74, 6) is 1.10. The van der Waals surface area contributed by atoms with E-state index in [1.807, 2.05) is 6.20 Å². The fourth-order valence-corrected chi connectivity index (χ4v) is 2.55. The first-order chi connectivity index (χ1) is 8.40. The summed E-state index contributed by atoms with van der Waals surface area (Å²) in [7, 11) is 0. The zero-order valence-electron chi connectivity index (χ0n) is 10.1. The molecule has 1 aliphatic heterocycles. The van der Waals surface area contributed by atoms with Crippen LogP contribution in [0, 0.1) is 0 Å². The zero-order chi connectivity index (χ0) is 11.7. The van der Waals surface area contributed by atoms with E-state index in [0.717, 1.165) is 31.9 Å². The second-order valence-electron chi connectivity index (χ2n) is 4.41. The quantitative estimate of drug-likeness (QED) is 0.852.